The minimum atomic E-state index is -0.286. The van der Waals surface area contributed by atoms with Crippen LogP contribution < -0.4 is 4.74 Å². The molecule has 1 unspecified atom stereocenters. The molecule has 168 valence electrons. The molecular weight excluding hydrogens is 412 g/mol. The molecule has 1 spiro atoms. The molecule has 2 aliphatic heterocycles. The van der Waals surface area contributed by atoms with Gasteiger partial charge in [0.1, 0.15) is 5.75 Å². The van der Waals surface area contributed by atoms with Gasteiger partial charge >= 0.3 is 5.97 Å². The van der Waals surface area contributed by atoms with Crippen molar-refractivity contribution in [3.63, 3.8) is 0 Å². The Kier molecular flexibility index (Phi) is 3.64. The van der Waals surface area contributed by atoms with Gasteiger partial charge in [0.15, 0.2) is 6.10 Å². The van der Waals surface area contributed by atoms with Crippen molar-refractivity contribution < 1.29 is 14.3 Å². The maximum atomic E-state index is 13.2. The van der Waals surface area contributed by atoms with Crippen LogP contribution in [0.2, 0.25) is 0 Å². The second kappa shape index (κ2) is 6.15. The first-order valence-corrected chi connectivity index (χ1v) is 11.9. The normalized spacial score (nSPS) is 31.0. The van der Waals surface area contributed by atoms with Crippen molar-refractivity contribution in [3.8, 4) is 5.75 Å². The third kappa shape index (κ3) is 2.09. The van der Waals surface area contributed by atoms with Crippen LogP contribution in [-0.4, -0.2) is 42.6 Å². The fourth-order valence-corrected chi connectivity index (χ4v) is 7.83. The number of esters is 1. The lowest BCUT2D eigenvalue weighted by molar-refractivity contribution is -0.0910. The molecule has 7 rings (SSSR count). The summed E-state index contributed by atoms with van der Waals surface area (Å²) in [6.45, 7) is 5.62. The van der Waals surface area contributed by atoms with Gasteiger partial charge in [0.25, 0.3) is 0 Å². The molecule has 4 aliphatic rings. The number of hydrogen-bond acceptors (Lipinski definition) is 5. The van der Waals surface area contributed by atoms with Gasteiger partial charge in [-0.2, -0.15) is 0 Å². The monoisotopic (exact) mass is 440 g/mol. The van der Waals surface area contributed by atoms with Crippen LogP contribution in [0.25, 0.3) is 10.9 Å². The molecule has 5 heteroatoms. The Hall–Kier alpha value is -2.92. The fraction of sp³-hybridized carbons (Fsp3) is 0.429. The molecular formula is C28H28N2O3. The minimum absolute atomic E-state index is 0.0728. The number of benzene rings is 2. The van der Waals surface area contributed by atoms with E-state index < -0.39 is 0 Å². The van der Waals surface area contributed by atoms with E-state index >= 15 is 0 Å². The van der Waals surface area contributed by atoms with Gasteiger partial charge < -0.3 is 14.4 Å². The molecule has 0 radical (unpaired) electrons. The van der Waals surface area contributed by atoms with Crippen molar-refractivity contribution in [2.45, 2.75) is 50.7 Å². The van der Waals surface area contributed by atoms with Crippen LogP contribution in [0.4, 0.5) is 0 Å². The SMILES string of the molecule is COC(=O)c1c2c(nc3ccccc13)C1Oc3c(C)ccc4c3[C@@]13CCN(C)[C@@H](C4)[C@]3(C)C2. The first kappa shape index (κ1) is 19.5. The number of fused-ring (bicyclic) bond motifs is 3. The molecule has 2 aromatic carbocycles. The number of nitrogens with zero attached hydrogens (tertiary/aromatic N) is 2. The van der Waals surface area contributed by atoms with Gasteiger partial charge in [-0.15, -0.1) is 0 Å². The number of methoxy groups -OCH3 is 1. The van der Waals surface area contributed by atoms with Gasteiger partial charge in [0.05, 0.1) is 29.3 Å². The van der Waals surface area contributed by atoms with Crippen LogP contribution in [0.3, 0.4) is 0 Å². The maximum Gasteiger partial charge on any atom is 0.338 e. The highest BCUT2D eigenvalue weighted by molar-refractivity contribution is 6.05. The molecule has 33 heavy (non-hydrogen) atoms. The zero-order valence-electron chi connectivity index (χ0n) is 19.6. The first-order chi connectivity index (χ1) is 15.9. The third-order valence-corrected chi connectivity index (χ3v) is 9.34. The molecule has 2 aliphatic carbocycles. The number of pyridine rings is 1. The number of ether oxygens (including phenoxy) is 2. The zero-order chi connectivity index (χ0) is 22.7. The van der Waals surface area contributed by atoms with Gasteiger partial charge in [0.2, 0.25) is 0 Å². The van der Waals surface area contributed by atoms with Crippen molar-refractivity contribution >= 4 is 16.9 Å². The molecule has 1 aromatic heterocycles. The number of rotatable bonds is 1. The minimum Gasteiger partial charge on any atom is -0.483 e. The molecule has 1 saturated heterocycles. The summed E-state index contributed by atoms with van der Waals surface area (Å²) >= 11 is 0. The third-order valence-electron chi connectivity index (χ3n) is 9.34. The number of piperidine rings is 1. The predicted octanol–water partition coefficient (Wildman–Crippen LogP) is 4.52. The largest absolute Gasteiger partial charge is 0.483 e. The number of likely N-dealkylation sites (N-methyl/N-ethyl adjacent to an activating group) is 1. The molecule has 0 N–H and O–H groups in total. The lowest BCUT2D eigenvalue weighted by Crippen LogP contribution is -2.68. The van der Waals surface area contributed by atoms with Crippen molar-refractivity contribution in [1.29, 1.82) is 0 Å². The molecule has 4 atom stereocenters. The van der Waals surface area contributed by atoms with Crippen LogP contribution >= 0.6 is 0 Å². The molecule has 2 bridgehead atoms. The summed E-state index contributed by atoms with van der Waals surface area (Å²) in [5.41, 5.74) is 7.25. The molecule has 0 amide bonds. The number of aromatic nitrogens is 1. The highest BCUT2D eigenvalue weighted by Gasteiger charge is 2.70. The van der Waals surface area contributed by atoms with Crippen molar-refractivity contribution in [2.75, 3.05) is 20.7 Å². The number of hydrogen-bond donors (Lipinski definition) is 0. The van der Waals surface area contributed by atoms with E-state index in [1.54, 1.807) is 0 Å². The fourth-order valence-electron chi connectivity index (χ4n) is 7.83. The van der Waals surface area contributed by atoms with E-state index in [0.29, 0.717) is 11.6 Å². The van der Waals surface area contributed by atoms with Crippen LogP contribution in [0, 0.1) is 12.3 Å². The summed E-state index contributed by atoms with van der Waals surface area (Å²) in [5.74, 6) is 0.764. The Morgan fingerprint density at radius 1 is 1.24 bits per heavy atom. The Morgan fingerprint density at radius 3 is 2.88 bits per heavy atom. The van der Waals surface area contributed by atoms with E-state index in [0.717, 1.165) is 53.7 Å². The number of para-hydroxylation sites is 1. The van der Waals surface area contributed by atoms with E-state index in [1.165, 1.54) is 23.8 Å². The smallest absolute Gasteiger partial charge is 0.338 e. The second-order valence-corrected chi connectivity index (χ2v) is 10.6. The van der Waals surface area contributed by atoms with E-state index in [9.17, 15) is 4.79 Å². The quantitative estimate of drug-likeness (QED) is 0.521. The van der Waals surface area contributed by atoms with Crippen molar-refractivity contribution in [1.82, 2.24) is 9.88 Å². The Bertz CT molecular complexity index is 1380. The lowest BCUT2D eigenvalue weighted by atomic mass is 9.44. The molecule has 0 saturated carbocycles. The molecule has 5 nitrogen and oxygen atoms in total. The highest BCUT2D eigenvalue weighted by Crippen LogP contribution is 2.71. The maximum absolute atomic E-state index is 13.2. The summed E-state index contributed by atoms with van der Waals surface area (Å²) in [7, 11) is 3.72. The van der Waals surface area contributed by atoms with Gasteiger partial charge in [-0.25, -0.2) is 9.78 Å². The van der Waals surface area contributed by atoms with Gasteiger partial charge in [-0.3, -0.25) is 0 Å². The Morgan fingerprint density at radius 2 is 2.06 bits per heavy atom. The van der Waals surface area contributed by atoms with Crippen LogP contribution in [0.1, 0.15) is 57.8 Å². The van der Waals surface area contributed by atoms with Gasteiger partial charge in [0, 0.05) is 22.4 Å². The summed E-state index contributed by atoms with van der Waals surface area (Å²) in [4.78, 5) is 20.9. The zero-order valence-corrected chi connectivity index (χ0v) is 19.6. The standard InChI is InChI=1S/C28H28N2O3/c1-15-9-10-16-13-20-27(2)14-18-21(26(31)32-4)17-7-5-6-8-19(17)29-23(18)25-28(27,11-12-30(20)3)22(16)24(15)33-25/h5-10,20,25H,11-14H2,1-4H3/t20-,25?,27-,28-/m0/s1. The number of carbonyl (C=O) groups is 1. The van der Waals surface area contributed by atoms with Crippen LogP contribution in [0.15, 0.2) is 36.4 Å². The van der Waals surface area contributed by atoms with Gasteiger partial charge in [-0.1, -0.05) is 37.3 Å². The summed E-state index contributed by atoms with van der Waals surface area (Å²) in [5, 5.41) is 0.865. The first-order valence-electron chi connectivity index (χ1n) is 11.9. The Balaban J connectivity index is 1.61. The molecule has 3 heterocycles. The lowest BCUT2D eigenvalue weighted by Gasteiger charge is -2.64. The Labute approximate surface area is 193 Å². The second-order valence-electron chi connectivity index (χ2n) is 10.6. The van der Waals surface area contributed by atoms with Crippen LogP contribution in [0.5, 0.6) is 5.75 Å². The number of likely N-dealkylation sites (tertiary alicyclic amines) is 1. The summed E-state index contributed by atoms with van der Waals surface area (Å²) < 4.78 is 12.2. The van der Waals surface area contributed by atoms with E-state index in [2.05, 4.69) is 37.9 Å². The van der Waals surface area contributed by atoms with Gasteiger partial charge in [-0.05, 0) is 62.5 Å². The topological polar surface area (TPSA) is 51.7 Å². The average molecular weight is 441 g/mol. The number of aryl methyl sites for hydroxylation is 1. The molecule has 3 aromatic rings. The average Bonchev–Trinajstić information content (AvgIpc) is 3.17. The number of carbonyl (C=O) groups excluding carboxylic acids is 1. The van der Waals surface area contributed by atoms with E-state index in [1.807, 2.05) is 24.3 Å². The summed E-state index contributed by atoms with van der Waals surface area (Å²) in [6, 6.07) is 12.8. The van der Waals surface area contributed by atoms with Crippen LogP contribution in [-0.2, 0) is 23.0 Å². The predicted molar refractivity (Wildman–Crippen MR) is 126 cm³/mol. The van der Waals surface area contributed by atoms with Crippen molar-refractivity contribution in [2.24, 2.45) is 5.41 Å². The molecule has 1 fully saturated rings. The van der Waals surface area contributed by atoms with E-state index in [4.69, 9.17) is 14.5 Å². The van der Waals surface area contributed by atoms with E-state index in [-0.39, 0.29) is 22.9 Å². The highest BCUT2D eigenvalue weighted by atomic mass is 16.5. The van der Waals surface area contributed by atoms with Crippen molar-refractivity contribution in [3.05, 3.63) is 69.9 Å². The summed E-state index contributed by atoms with van der Waals surface area (Å²) in [6.07, 6.45) is 2.65.